The highest BCUT2D eigenvalue weighted by molar-refractivity contribution is 6.39. The maximum atomic E-state index is 11.9. The Kier molecular flexibility index (Phi) is 4.65. The standard InChI is InChI=1S/C10H15N3O3/c1-2-5-13(6-7-14)10(16)8-3-4-9(15)12-11-8/h2,14H,1,3-7H2,(H,12,15). The number of aliphatic hydroxyl groups excluding tert-OH is 1. The summed E-state index contributed by atoms with van der Waals surface area (Å²) in [6, 6.07) is 0. The molecule has 1 aliphatic heterocycles. The van der Waals surface area contributed by atoms with Crippen LogP contribution in [-0.4, -0.2) is 47.2 Å². The third-order valence-electron chi connectivity index (χ3n) is 2.16. The molecule has 1 aliphatic rings. The smallest absolute Gasteiger partial charge is 0.270 e. The molecule has 0 spiro atoms. The number of amides is 2. The Morgan fingerprint density at radius 3 is 2.88 bits per heavy atom. The SMILES string of the molecule is C=CCN(CCO)C(=O)C1=NNC(=O)CC1. The summed E-state index contributed by atoms with van der Waals surface area (Å²) >= 11 is 0. The van der Waals surface area contributed by atoms with Gasteiger partial charge in [-0.2, -0.15) is 5.10 Å². The number of hydrazone groups is 1. The Bertz CT molecular complexity index is 325. The maximum Gasteiger partial charge on any atom is 0.270 e. The molecule has 0 unspecified atom stereocenters. The molecule has 0 saturated heterocycles. The Labute approximate surface area is 93.6 Å². The molecule has 1 heterocycles. The first-order chi connectivity index (χ1) is 7.69. The molecule has 6 nitrogen and oxygen atoms in total. The van der Waals surface area contributed by atoms with Crippen molar-refractivity contribution in [3.63, 3.8) is 0 Å². The van der Waals surface area contributed by atoms with Gasteiger partial charge in [-0.05, 0) is 0 Å². The largest absolute Gasteiger partial charge is 0.395 e. The van der Waals surface area contributed by atoms with Crippen LogP contribution in [0, 0.1) is 0 Å². The van der Waals surface area contributed by atoms with E-state index in [2.05, 4.69) is 17.1 Å². The van der Waals surface area contributed by atoms with Crippen LogP contribution in [0.25, 0.3) is 0 Å². The topological polar surface area (TPSA) is 82.0 Å². The second-order valence-corrected chi connectivity index (χ2v) is 3.36. The Morgan fingerprint density at radius 2 is 2.38 bits per heavy atom. The van der Waals surface area contributed by atoms with E-state index in [9.17, 15) is 9.59 Å². The zero-order chi connectivity index (χ0) is 12.0. The minimum Gasteiger partial charge on any atom is -0.395 e. The molecule has 0 saturated carbocycles. The van der Waals surface area contributed by atoms with Gasteiger partial charge in [-0.25, -0.2) is 5.43 Å². The van der Waals surface area contributed by atoms with Gasteiger partial charge in [-0.15, -0.1) is 6.58 Å². The molecule has 2 amide bonds. The van der Waals surface area contributed by atoms with Crippen molar-refractivity contribution in [2.24, 2.45) is 5.10 Å². The molecule has 0 atom stereocenters. The van der Waals surface area contributed by atoms with E-state index in [4.69, 9.17) is 5.11 Å². The van der Waals surface area contributed by atoms with Gasteiger partial charge < -0.3 is 10.0 Å². The van der Waals surface area contributed by atoms with E-state index in [1.165, 1.54) is 4.90 Å². The van der Waals surface area contributed by atoms with Crippen LogP contribution in [0.2, 0.25) is 0 Å². The summed E-state index contributed by atoms with van der Waals surface area (Å²) in [4.78, 5) is 24.2. The third-order valence-corrected chi connectivity index (χ3v) is 2.16. The molecule has 0 aromatic heterocycles. The lowest BCUT2D eigenvalue weighted by Gasteiger charge is -2.21. The zero-order valence-electron chi connectivity index (χ0n) is 8.98. The van der Waals surface area contributed by atoms with E-state index in [1.54, 1.807) is 6.08 Å². The molecule has 2 N–H and O–H groups in total. The molecule has 0 bridgehead atoms. The fraction of sp³-hybridized carbons (Fsp3) is 0.500. The fourth-order valence-corrected chi connectivity index (χ4v) is 1.36. The first kappa shape index (κ1) is 12.4. The van der Waals surface area contributed by atoms with E-state index in [-0.39, 0.29) is 31.4 Å². The van der Waals surface area contributed by atoms with Gasteiger partial charge in [-0.3, -0.25) is 9.59 Å². The second kappa shape index (κ2) is 6.02. The summed E-state index contributed by atoms with van der Waals surface area (Å²) in [5.41, 5.74) is 2.58. The quantitative estimate of drug-likeness (QED) is 0.604. The third kappa shape index (κ3) is 3.16. The summed E-state index contributed by atoms with van der Waals surface area (Å²) in [7, 11) is 0. The molecule has 16 heavy (non-hydrogen) atoms. The highest BCUT2D eigenvalue weighted by atomic mass is 16.3. The molecule has 6 heteroatoms. The fourth-order valence-electron chi connectivity index (χ4n) is 1.36. The summed E-state index contributed by atoms with van der Waals surface area (Å²) in [6.45, 7) is 4.01. The van der Waals surface area contributed by atoms with E-state index in [0.29, 0.717) is 18.7 Å². The van der Waals surface area contributed by atoms with Crippen molar-refractivity contribution in [3.8, 4) is 0 Å². The van der Waals surface area contributed by atoms with Gasteiger partial charge in [0.1, 0.15) is 5.71 Å². The number of rotatable bonds is 5. The lowest BCUT2D eigenvalue weighted by molar-refractivity contribution is -0.124. The molecule has 0 aromatic rings. The number of carbonyl (C=O) groups is 2. The van der Waals surface area contributed by atoms with Crippen LogP contribution in [-0.2, 0) is 9.59 Å². The minimum atomic E-state index is -0.269. The molecule has 0 radical (unpaired) electrons. The maximum absolute atomic E-state index is 11.9. The number of carbonyl (C=O) groups excluding carboxylic acids is 2. The molecule has 88 valence electrons. The van der Waals surface area contributed by atoms with Crippen LogP contribution in [0.1, 0.15) is 12.8 Å². The average Bonchev–Trinajstić information content (AvgIpc) is 2.29. The molecular weight excluding hydrogens is 210 g/mol. The molecule has 0 fully saturated rings. The van der Waals surface area contributed by atoms with E-state index >= 15 is 0 Å². The first-order valence-electron chi connectivity index (χ1n) is 5.05. The van der Waals surface area contributed by atoms with Crippen molar-refractivity contribution in [3.05, 3.63) is 12.7 Å². The number of nitrogens with one attached hydrogen (secondary N) is 1. The molecule has 1 rings (SSSR count). The minimum absolute atomic E-state index is 0.112. The van der Waals surface area contributed by atoms with Crippen LogP contribution in [0.5, 0.6) is 0 Å². The van der Waals surface area contributed by atoms with Crippen molar-refractivity contribution in [2.75, 3.05) is 19.7 Å². The monoisotopic (exact) mass is 225 g/mol. The number of hydrogen-bond donors (Lipinski definition) is 2. The lowest BCUT2D eigenvalue weighted by atomic mass is 10.1. The van der Waals surface area contributed by atoms with Crippen LogP contribution < -0.4 is 5.43 Å². The van der Waals surface area contributed by atoms with Crippen molar-refractivity contribution in [1.29, 1.82) is 0 Å². The van der Waals surface area contributed by atoms with Crippen molar-refractivity contribution in [2.45, 2.75) is 12.8 Å². The average molecular weight is 225 g/mol. The van der Waals surface area contributed by atoms with Crippen molar-refractivity contribution < 1.29 is 14.7 Å². The van der Waals surface area contributed by atoms with Gasteiger partial charge in [0.2, 0.25) is 5.91 Å². The van der Waals surface area contributed by atoms with Gasteiger partial charge in [0, 0.05) is 25.9 Å². The first-order valence-corrected chi connectivity index (χ1v) is 5.05. The van der Waals surface area contributed by atoms with Crippen molar-refractivity contribution >= 4 is 17.5 Å². The predicted octanol–water partition coefficient (Wildman–Crippen LogP) is -0.741. The zero-order valence-corrected chi connectivity index (χ0v) is 8.98. The van der Waals surface area contributed by atoms with Crippen LogP contribution in [0.15, 0.2) is 17.8 Å². The summed E-state index contributed by atoms with van der Waals surface area (Å²) < 4.78 is 0. The number of nitrogens with zero attached hydrogens (tertiary/aromatic N) is 2. The Hall–Kier alpha value is -1.69. The highest BCUT2D eigenvalue weighted by Gasteiger charge is 2.22. The van der Waals surface area contributed by atoms with Crippen LogP contribution in [0.3, 0.4) is 0 Å². The van der Waals surface area contributed by atoms with Crippen LogP contribution in [0.4, 0.5) is 0 Å². The van der Waals surface area contributed by atoms with E-state index in [0.717, 1.165) is 0 Å². The summed E-state index contributed by atoms with van der Waals surface area (Å²) in [5, 5.41) is 12.5. The molecule has 0 aliphatic carbocycles. The normalized spacial score (nSPS) is 15.1. The predicted molar refractivity (Wildman–Crippen MR) is 58.7 cm³/mol. The molecule has 0 aromatic carbocycles. The van der Waals surface area contributed by atoms with Gasteiger partial charge in [0.15, 0.2) is 0 Å². The Morgan fingerprint density at radius 1 is 1.62 bits per heavy atom. The second-order valence-electron chi connectivity index (χ2n) is 3.36. The van der Waals surface area contributed by atoms with E-state index < -0.39 is 0 Å². The number of hydrogen-bond acceptors (Lipinski definition) is 4. The van der Waals surface area contributed by atoms with Crippen LogP contribution >= 0.6 is 0 Å². The summed E-state index contributed by atoms with van der Waals surface area (Å²) in [6.07, 6.45) is 2.19. The van der Waals surface area contributed by atoms with Gasteiger partial charge >= 0.3 is 0 Å². The van der Waals surface area contributed by atoms with E-state index in [1.807, 2.05) is 0 Å². The Balaban J connectivity index is 2.66. The van der Waals surface area contributed by atoms with Gasteiger partial charge in [0.25, 0.3) is 5.91 Å². The number of aliphatic hydroxyl groups is 1. The summed E-state index contributed by atoms with van der Waals surface area (Å²) in [5.74, 6) is -0.456. The van der Waals surface area contributed by atoms with Gasteiger partial charge in [-0.1, -0.05) is 6.08 Å². The van der Waals surface area contributed by atoms with Crippen molar-refractivity contribution in [1.82, 2.24) is 10.3 Å². The highest BCUT2D eigenvalue weighted by Crippen LogP contribution is 2.03. The molecular formula is C10H15N3O3. The lowest BCUT2D eigenvalue weighted by Crippen LogP contribution is -2.41. The van der Waals surface area contributed by atoms with Gasteiger partial charge in [0.05, 0.1) is 6.61 Å².